The van der Waals surface area contributed by atoms with Crippen molar-refractivity contribution in [1.29, 1.82) is 0 Å². The Balaban J connectivity index is 2.06. The molecule has 1 aliphatic rings. The van der Waals surface area contributed by atoms with Gasteiger partial charge >= 0.3 is 6.03 Å². The SMILES string of the molecule is CCCCCNC(=O)NC1CCC(CO)CC1. The maximum absolute atomic E-state index is 11.6. The van der Waals surface area contributed by atoms with Crippen LogP contribution in [-0.4, -0.2) is 30.3 Å². The van der Waals surface area contributed by atoms with Crippen LogP contribution in [-0.2, 0) is 0 Å². The van der Waals surface area contributed by atoms with E-state index in [0.29, 0.717) is 12.0 Å². The minimum absolute atomic E-state index is 0.0337. The van der Waals surface area contributed by atoms with Gasteiger partial charge in [0.05, 0.1) is 0 Å². The van der Waals surface area contributed by atoms with Crippen LogP contribution in [0.3, 0.4) is 0 Å². The Morgan fingerprint density at radius 2 is 1.94 bits per heavy atom. The van der Waals surface area contributed by atoms with Gasteiger partial charge in [0.25, 0.3) is 0 Å². The second-order valence-corrected chi connectivity index (χ2v) is 5.01. The molecule has 0 radical (unpaired) electrons. The molecule has 0 saturated heterocycles. The van der Waals surface area contributed by atoms with E-state index in [1.807, 2.05) is 0 Å². The van der Waals surface area contributed by atoms with Crippen molar-refractivity contribution in [3.05, 3.63) is 0 Å². The van der Waals surface area contributed by atoms with Crippen molar-refractivity contribution in [2.45, 2.75) is 57.9 Å². The normalized spacial score (nSPS) is 24.4. The molecule has 0 aromatic heterocycles. The lowest BCUT2D eigenvalue weighted by Gasteiger charge is -2.27. The first-order chi connectivity index (χ1) is 8.26. The largest absolute Gasteiger partial charge is 0.396 e. The number of hydrogen-bond acceptors (Lipinski definition) is 2. The number of urea groups is 1. The van der Waals surface area contributed by atoms with E-state index in [4.69, 9.17) is 5.11 Å². The molecule has 0 aromatic rings. The van der Waals surface area contributed by atoms with Crippen molar-refractivity contribution in [3.63, 3.8) is 0 Å². The molecule has 4 heteroatoms. The summed E-state index contributed by atoms with van der Waals surface area (Å²) in [6.07, 6.45) is 7.44. The monoisotopic (exact) mass is 242 g/mol. The number of amides is 2. The third-order valence-electron chi connectivity index (χ3n) is 3.51. The first kappa shape index (κ1) is 14.3. The molecule has 1 rings (SSSR count). The molecule has 0 bridgehead atoms. The van der Waals surface area contributed by atoms with Crippen molar-refractivity contribution >= 4 is 6.03 Å². The lowest BCUT2D eigenvalue weighted by molar-refractivity contribution is 0.174. The molecule has 3 N–H and O–H groups in total. The molecule has 0 atom stereocenters. The zero-order chi connectivity index (χ0) is 12.5. The van der Waals surface area contributed by atoms with Gasteiger partial charge in [-0.05, 0) is 38.0 Å². The maximum Gasteiger partial charge on any atom is 0.315 e. The topological polar surface area (TPSA) is 61.4 Å². The Labute approximate surface area is 104 Å². The molecule has 4 nitrogen and oxygen atoms in total. The highest BCUT2D eigenvalue weighted by Gasteiger charge is 2.21. The molecule has 1 fully saturated rings. The van der Waals surface area contributed by atoms with Crippen LogP contribution in [0.5, 0.6) is 0 Å². The van der Waals surface area contributed by atoms with Gasteiger partial charge in [-0.2, -0.15) is 0 Å². The maximum atomic E-state index is 11.6. The number of aliphatic hydroxyl groups excluding tert-OH is 1. The number of unbranched alkanes of at least 4 members (excludes halogenated alkanes) is 2. The fourth-order valence-electron chi connectivity index (χ4n) is 2.30. The van der Waals surface area contributed by atoms with Crippen molar-refractivity contribution < 1.29 is 9.90 Å². The molecule has 17 heavy (non-hydrogen) atoms. The Bertz CT molecular complexity index is 213. The number of hydrogen-bond donors (Lipinski definition) is 3. The molecule has 100 valence electrons. The Morgan fingerprint density at radius 3 is 2.53 bits per heavy atom. The van der Waals surface area contributed by atoms with Crippen molar-refractivity contribution in [3.8, 4) is 0 Å². The number of aliphatic hydroxyl groups is 1. The molecular formula is C13H26N2O2. The van der Waals surface area contributed by atoms with E-state index >= 15 is 0 Å². The van der Waals surface area contributed by atoms with Crippen LogP contribution in [0.4, 0.5) is 4.79 Å². The van der Waals surface area contributed by atoms with Crippen LogP contribution < -0.4 is 10.6 Å². The van der Waals surface area contributed by atoms with Crippen LogP contribution in [0.25, 0.3) is 0 Å². The average Bonchev–Trinajstić information content (AvgIpc) is 2.36. The minimum Gasteiger partial charge on any atom is -0.396 e. The van der Waals surface area contributed by atoms with Crippen molar-refractivity contribution in [2.75, 3.05) is 13.2 Å². The number of nitrogens with one attached hydrogen (secondary N) is 2. The third kappa shape index (κ3) is 5.91. The second kappa shape index (κ2) is 8.34. The van der Waals surface area contributed by atoms with Crippen LogP contribution in [0, 0.1) is 5.92 Å². The van der Waals surface area contributed by atoms with Crippen molar-refractivity contribution in [1.82, 2.24) is 10.6 Å². The summed E-state index contributed by atoms with van der Waals surface area (Å²) in [6, 6.07) is 0.262. The zero-order valence-electron chi connectivity index (χ0n) is 10.9. The fraction of sp³-hybridized carbons (Fsp3) is 0.923. The molecule has 2 amide bonds. The Kier molecular flexibility index (Phi) is 7.01. The zero-order valence-corrected chi connectivity index (χ0v) is 10.9. The van der Waals surface area contributed by atoms with E-state index in [9.17, 15) is 4.79 Å². The molecular weight excluding hydrogens is 216 g/mol. The van der Waals surface area contributed by atoms with E-state index in [1.54, 1.807) is 0 Å². The smallest absolute Gasteiger partial charge is 0.315 e. The summed E-state index contributed by atoms with van der Waals surface area (Å²) in [5, 5.41) is 14.9. The van der Waals surface area contributed by atoms with E-state index in [1.165, 1.54) is 12.8 Å². The van der Waals surface area contributed by atoms with Crippen molar-refractivity contribution in [2.24, 2.45) is 5.92 Å². The van der Waals surface area contributed by atoms with E-state index in [0.717, 1.165) is 38.6 Å². The summed E-state index contributed by atoms with van der Waals surface area (Å²) in [5.41, 5.74) is 0. The predicted octanol–water partition coefficient (Wildman–Crippen LogP) is 2.03. The minimum atomic E-state index is -0.0337. The van der Waals surface area contributed by atoms with Crippen LogP contribution >= 0.6 is 0 Å². The Morgan fingerprint density at radius 1 is 1.24 bits per heavy atom. The van der Waals surface area contributed by atoms with Gasteiger partial charge in [0, 0.05) is 19.2 Å². The van der Waals surface area contributed by atoms with Gasteiger partial charge in [-0.15, -0.1) is 0 Å². The summed E-state index contributed by atoms with van der Waals surface area (Å²) in [4.78, 5) is 11.6. The quantitative estimate of drug-likeness (QED) is 0.624. The van der Waals surface area contributed by atoms with Gasteiger partial charge < -0.3 is 15.7 Å². The highest BCUT2D eigenvalue weighted by Crippen LogP contribution is 2.23. The second-order valence-electron chi connectivity index (χ2n) is 5.01. The first-order valence-electron chi connectivity index (χ1n) is 6.91. The van der Waals surface area contributed by atoms with E-state index < -0.39 is 0 Å². The standard InChI is InChI=1S/C13H26N2O2/c1-2-3-4-9-14-13(17)15-12-7-5-11(10-16)6-8-12/h11-12,16H,2-10H2,1H3,(H2,14,15,17). The van der Waals surface area contributed by atoms with Gasteiger partial charge in [-0.25, -0.2) is 4.79 Å². The summed E-state index contributed by atoms with van der Waals surface area (Å²) >= 11 is 0. The highest BCUT2D eigenvalue weighted by molar-refractivity contribution is 5.74. The van der Waals surface area contributed by atoms with E-state index in [-0.39, 0.29) is 12.6 Å². The van der Waals surface area contributed by atoms with Gasteiger partial charge in [-0.3, -0.25) is 0 Å². The summed E-state index contributed by atoms with van der Waals surface area (Å²) in [5.74, 6) is 0.445. The Hall–Kier alpha value is -0.770. The van der Waals surface area contributed by atoms with Gasteiger partial charge in [0.2, 0.25) is 0 Å². The molecule has 0 heterocycles. The predicted molar refractivity (Wildman–Crippen MR) is 68.9 cm³/mol. The highest BCUT2D eigenvalue weighted by atomic mass is 16.3. The molecule has 0 spiro atoms. The van der Waals surface area contributed by atoms with Gasteiger partial charge in [-0.1, -0.05) is 19.8 Å². The molecule has 1 saturated carbocycles. The number of carbonyl (C=O) groups excluding carboxylic acids is 1. The van der Waals surface area contributed by atoms with Crippen LogP contribution in [0.2, 0.25) is 0 Å². The summed E-state index contributed by atoms with van der Waals surface area (Å²) < 4.78 is 0. The van der Waals surface area contributed by atoms with Crippen LogP contribution in [0.1, 0.15) is 51.9 Å². The molecule has 0 aliphatic heterocycles. The van der Waals surface area contributed by atoms with E-state index in [2.05, 4.69) is 17.6 Å². The molecule has 0 unspecified atom stereocenters. The number of rotatable bonds is 6. The lowest BCUT2D eigenvalue weighted by atomic mass is 9.87. The summed E-state index contributed by atoms with van der Waals surface area (Å²) in [6.45, 7) is 3.21. The lowest BCUT2D eigenvalue weighted by Crippen LogP contribution is -2.44. The van der Waals surface area contributed by atoms with Crippen LogP contribution in [0.15, 0.2) is 0 Å². The van der Waals surface area contributed by atoms with Gasteiger partial charge in [0.15, 0.2) is 0 Å². The van der Waals surface area contributed by atoms with Gasteiger partial charge in [0.1, 0.15) is 0 Å². The first-order valence-corrected chi connectivity index (χ1v) is 6.91. The third-order valence-corrected chi connectivity index (χ3v) is 3.51. The average molecular weight is 242 g/mol. The molecule has 1 aliphatic carbocycles. The summed E-state index contributed by atoms with van der Waals surface area (Å²) in [7, 11) is 0. The molecule has 0 aromatic carbocycles. The number of carbonyl (C=O) groups is 1. The fourth-order valence-corrected chi connectivity index (χ4v) is 2.30.